The summed E-state index contributed by atoms with van der Waals surface area (Å²) in [5.74, 6) is 0. The molecule has 1 heteroatoms. The van der Waals surface area contributed by atoms with E-state index < -0.39 is 0 Å². The average molecular weight is 449 g/mol. The first-order valence-corrected chi connectivity index (χ1v) is 12.1. The Balaban J connectivity index is 1.49. The maximum absolute atomic E-state index is 6.42. The van der Waals surface area contributed by atoms with E-state index >= 15 is 0 Å². The van der Waals surface area contributed by atoms with Crippen LogP contribution in [0.1, 0.15) is 11.1 Å². The van der Waals surface area contributed by atoms with Crippen LogP contribution in [-0.4, -0.2) is 0 Å². The molecule has 7 rings (SSSR count). The fourth-order valence-electron chi connectivity index (χ4n) is 5.50. The Labute approximate surface area is 204 Å². The van der Waals surface area contributed by atoms with Gasteiger partial charge in [-0.2, -0.15) is 0 Å². The first kappa shape index (κ1) is 20.1. The third-order valence-electron chi connectivity index (χ3n) is 7.12. The van der Waals surface area contributed by atoms with Gasteiger partial charge >= 0.3 is 0 Å². The SMILES string of the molecule is Cc1ccc2oc3c(-c4cccc(-c5cc6ccccc6c6ccccc56)c4)cc(C)cc3c2c1. The summed E-state index contributed by atoms with van der Waals surface area (Å²) < 4.78 is 6.42. The quantitative estimate of drug-likeness (QED) is 0.240. The van der Waals surface area contributed by atoms with E-state index in [1.54, 1.807) is 0 Å². The minimum Gasteiger partial charge on any atom is -0.455 e. The van der Waals surface area contributed by atoms with E-state index in [1.165, 1.54) is 60.1 Å². The number of benzene rings is 6. The highest BCUT2D eigenvalue weighted by atomic mass is 16.3. The molecule has 1 aromatic heterocycles. The van der Waals surface area contributed by atoms with Crippen LogP contribution in [0.3, 0.4) is 0 Å². The Morgan fingerprint density at radius 1 is 0.457 bits per heavy atom. The normalized spacial score (nSPS) is 11.7. The second kappa shape index (κ2) is 7.58. The second-order valence-electron chi connectivity index (χ2n) is 9.56. The number of aryl methyl sites for hydroxylation is 2. The van der Waals surface area contributed by atoms with Crippen molar-refractivity contribution in [1.82, 2.24) is 0 Å². The summed E-state index contributed by atoms with van der Waals surface area (Å²) in [6.45, 7) is 4.30. The van der Waals surface area contributed by atoms with Gasteiger partial charge in [-0.3, -0.25) is 0 Å². The van der Waals surface area contributed by atoms with Crippen LogP contribution in [0.4, 0.5) is 0 Å². The van der Waals surface area contributed by atoms with Gasteiger partial charge in [0.05, 0.1) is 0 Å². The van der Waals surface area contributed by atoms with Crippen LogP contribution in [0.15, 0.2) is 114 Å². The van der Waals surface area contributed by atoms with Crippen molar-refractivity contribution < 1.29 is 4.42 Å². The van der Waals surface area contributed by atoms with Crippen molar-refractivity contribution in [2.75, 3.05) is 0 Å². The predicted octanol–water partition coefficient (Wildman–Crippen LogP) is 9.84. The van der Waals surface area contributed by atoms with Crippen molar-refractivity contribution in [3.05, 3.63) is 120 Å². The van der Waals surface area contributed by atoms with Crippen molar-refractivity contribution in [2.24, 2.45) is 0 Å². The molecule has 1 heterocycles. The van der Waals surface area contributed by atoms with Crippen LogP contribution in [0.5, 0.6) is 0 Å². The lowest BCUT2D eigenvalue weighted by Gasteiger charge is -2.13. The summed E-state index contributed by atoms with van der Waals surface area (Å²) in [4.78, 5) is 0. The van der Waals surface area contributed by atoms with E-state index in [1.807, 2.05) is 0 Å². The Morgan fingerprint density at radius 3 is 2.03 bits per heavy atom. The van der Waals surface area contributed by atoms with Gasteiger partial charge in [0.25, 0.3) is 0 Å². The molecule has 0 aliphatic carbocycles. The molecule has 1 nitrogen and oxygen atoms in total. The number of fused-ring (bicyclic) bond motifs is 6. The zero-order chi connectivity index (χ0) is 23.5. The zero-order valence-electron chi connectivity index (χ0n) is 19.8. The van der Waals surface area contributed by atoms with E-state index in [0.29, 0.717) is 0 Å². The molecule has 0 unspecified atom stereocenters. The molecular weight excluding hydrogens is 424 g/mol. The highest BCUT2D eigenvalue weighted by Crippen LogP contribution is 2.40. The lowest BCUT2D eigenvalue weighted by atomic mass is 9.91. The smallest absolute Gasteiger partial charge is 0.143 e. The Bertz CT molecular complexity index is 1920. The molecule has 35 heavy (non-hydrogen) atoms. The zero-order valence-corrected chi connectivity index (χ0v) is 19.8. The van der Waals surface area contributed by atoms with Crippen LogP contribution < -0.4 is 0 Å². The first-order chi connectivity index (χ1) is 17.2. The number of hydrogen-bond acceptors (Lipinski definition) is 1. The van der Waals surface area contributed by atoms with Gasteiger partial charge in [0.2, 0.25) is 0 Å². The largest absolute Gasteiger partial charge is 0.455 e. The first-order valence-electron chi connectivity index (χ1n) is 12.1. The van der Waals surface area contributed by atoms with Gasteiger partial charge in [-0.25, -0.2) is 0 Å². The van der Waals surface area contributed by atoms with Gasteiger partial charge in [0.15, 0.2) is 0 Å². The maximum Gasteiger partial charge on any atom is 0.143 e. The van der Waals surface area contributed by atoms with E-state index in [2.05, 4.69) is 123 Å². The van der Waals surface area contributed by atoms with Crippen molar-refractivity contribution in [2.45, 2.75) is 13.8 Å². The number of hydrogen-bond donors (Lipinski definition) is 0. The Morgan fingerprint density at radius 2 is 1.17 bits per heavy atom. The molecule has 0 atom stereocenters. The molecule has 0 saturated carbocycles. The van der Waals surface area contributed by atoms with E-state index in [4.69, 9.17) is 4.42 Å². The van der Waals surface area contributed by atoms with Crippen molar-refractivity contribution >= 4 is 43.5 Å². The molecule has 0 fully saturated rings. The average Bonchev–Trinajstić information content (AvgIpc) is 3.25. The van der Waals surface area contributed by atoms with Crippen LogP contribution in [0.2, 0.25) is 0 Å². The molecule has 0 aliphatic heterocycles. The summed E-state index contributed by atoms with van der Waals surface area (Å²) in [7, 11) is 0. The third-order valence-corrected chi connectivity index (χ3v) is 7.12. The van der Waals surface area contributed by atoms with Gasteiger partial charge in [-0.05, 0) is 94.0 Å². The van der Waals surface area contributed by atoms with Gasteiger partial charge in [-0.15, -0.1) is 0 Å². The Hall–Kier alpha value is -4.36. The topological polar surface area (TPSA) is 13.1 Å². The molecule has 0 spiro atoms. The van der Waals surface area contributed by atoms with Crippen molar-refractivity contribution in [3.63, 3.8) is 0 Å². The van der Waals surface area contributed by atoms with Gasteiger partial charge < -0.3 is 4.42 Å². The summed E-state index contributed by atoms with van der Waals surface area (Å²) in [6.07, 6.45) is 0. The second-order valence-corrected chi connectivity index (χ2v) is 9.56. The number of furan rings is 1. The molecule has 0 saturated heterocycles. The van der Waals surface area contributed by atoms with E-state index in [0.717, 1.165) is 16.7 Å². The fourth-order valence-corrected chi connectivity index (χ4v) is 5.50. The minimum absolute atomic E-state index is 0.939. The molecule has 166 valence electrons. The molecular formula is C34H24O. The standard InChI is InChI=1S/C34H24O/c1-21-14-15-33-31(16-21)32-18-22(2)17-30(34(32)35-33)24-10-7-9-23(19-24)29-20-25-8-3-4-11-26(25)27-12-5-6-13-28(27)29/h3-20H,1-2H3. The van der Waals surface area contributed by atoms with Crippen molar-refractivity contribution in [3.8, 4) is 22.3 Å². The molecule has 0 amide bonds. The highest BCUT2D eigenvalue weighted by molar-refractivity contribution is 6.14. The van der Waals surface area contributed by atoms with Gasteiger partial charge in [0.1, 0.15) is 11.2 Å². The fraction of sp³-hybridized carbons (Fsp3) is 0.0588. The van der Waals surface area contributed by atoms with Gasteiger partial charge in [0, 0.05) is 16.3 Å². The molecule has 6 aromatic carbocycles. The Kier molecular flexibility index (Phi) is 4.34. The molecule has 0 N–H and O–H groups in total. The van der Waals surface area contributed by atoms with E-state index in [-0.39, 0.29) is 0 Å². The summed E-state index contributed by atoms with van der Waals surface area (Å²) in [5.41, 5.74) is 9.15. The maximum atomic E-state index is 6.42. The molecule has 0 bridgehead atoms. The number of rotatable bonds is 2. The van der Waals surface area contributed by atoms with Gasteiger partial charge in [-0.1, -0.05) is 78.4 Å². The molecule has 7 aromatic rings. The minimum atomic E-state index is 0.939. The lowest BCUT2D eigenvalue weighted by molar-refractivity contribution is 0.670. The van der Waals surface area contributed by atoms with Crippen molar-refractivity contribution in [1.29, 1.82) is 0 Å². The highest BCUT2D eigenvalue weighted by Gasteiger charge is 2.15. The summed E-state index contributed by atoms with van der Waals surface area (Å²) in [5, 5.41) is 7.48. The molecule has 0 aliphatic rings. The summed E-state index contributed by atoms with van der Waals surface area (Å²) in [6, 6.07) is 39.5. The van der Waals surface area contributed by atoms with E-state index in [9.17, 15) is 0 Å². The van der Waals surface area contributed by atoms with Crippen LogP contribution in [0, 0.1) is 13.8 Å². The van der Waals surface area contributed by atoms with Crippen LogP contribution >= 0.6 is 0 Å². The lowest BCUT2D eigenvalue weighted by Crippen LogP contribution is -1.87. The van der Waals surface area contributed by atoms with Crippen LogP contribution in [0.25, 0.3) is 65.7 Å². The third kappa shape index (κ3) is 3.16. The predicted molar refractivity (Wildman–Crippen MR) is 149 cm³/mol. The molecule has 0 radical (unpaired) electrons. The van der Waals surface area contributed by atoms with Crippen LogP contribution in [-0.2, 0) is 0 Å². The monoisotopic (exact) mass is 448 g/mol. The summed E-state index contributed by atoms with van der Waals surface area (Å²) >= 11 is 0.